The van der Waals surface area contributed by atoms with Crippen molar-refractivity contribution in [2.75, 3.05) is 0 Å². The highest BCUT2D eigenvalue weighted by molar-refractivity contribution is 7.13. The molecule has 0 unspecified atom stereocenters. The average molecular weight is 387 g/mol. The van der Waals surface area contributed by atoms with Crippen molar-refractivity contribution in [3.63, 3.8) is 0 Å². The zero-order chi connectivity index (χ0) is 18.5. The van der Waals surface area contributed by atoms with Crippen LogP contribution in [-0.2, 0) is 20.7 Å². The van der Waals surface area contributed by atoms with Gasteiger partial charge in [0.05, 0.1) is 12.1 Å². The van der Waals surface area contributed by atoms with E-state index in [4.69, 9.17) is 22.1 Å². The highest BCUT2D eigenvalue weighted by Gasteiger charge is 2.23. The zero-order valence-electron chi connectivity index (χ0n) is 13.6. The molecule has 0 aliphatic heterocycles. The first-order valence-corrected chi connectivity index (χ1v) is 9.03. The van der Waals surface area contributed by atoms with Gasteiger partial charge >= 0.3 is 5.97 Å². The SMILES string of the molecule is NC(=O)[C@@H](OC(=O)Cc1csc(-c2cccc(Cl)c2)n1)c1ccccc1. The summed E-state index contributed by atoms with van der Waals surface area (Å²) in [7, 11) is 0. The first-order chi connectivity index (χ1) is 12.5. The van der Waals surface area contributed by atoms with Crippen LogP contribution in [0.1, 0.15) is 17.4 Å². The number of carbonyl (C=O) groups excluding carboxylic acids is 2. The Morgan fingerprint density at radius 1 is 1.15 bits per heavy atom. The number of primary amides is 1. The molecule has 0 radical (unpaired) electrons. The fraction of sp³-hybridized carbons (Fsp3) is 0.105. The van der Waals surface area contributed by atoms with Crippen molar-refractivity contribution in [3.05, 3.63) is 76.3 Å². The number of halogens is 1. The second-order valence-corrected chi connectivity index (χ2v) is 6.81. The van der Waals surface area contributed by atoms with Crippen molar-refractivity contribution >= 4 is 34.8 Å². The van der Waals surface area contributed by atoms with Gasteiger partial charge in [0.1, 0.15) is 5.01 Å². The fourth-order valence-corrected chi connectivity index (χ4v) is 3.39. The molecule has 0 bridgehead atoms. The number of benzene rings is 2. The summed E-state index contributed by atoms with van der Waals surface area (Å²) >= 11 is 7.40. The topological polar surface area (TPSA) is 82.3 Å². The van der Waals surface area contributed by atoms with Gasteiger partial charge < -0.3 is 10.5 Å². The summed E-state index contributed by atoms with van der Waals surface area (Å²) in [4.78, 5) is 28.3. The summed E-state index contributed by atoms with van der Waals surface area (Å²) in [5.74, 6) is -1.29. The first kappa shape index (κ1) is 18.1. The van der Waals surface area contributed by atoms with E-state index < -0.39 is 18.0 Å². The van der Waals surface area contributed by atoms with Crippen LogP contribution in [0.25, 0.3) is 10.6 Å². The van der Waals surface area contributed by atoms with Crippen LogP contribution < -0.4 is 5.73 Å². The Balaban J connectivity index is 1.69. The van der Waals surface area contributed by atoms with Crippen LogP contribution in [-0.4, -0.2) is 16.9 Å². The maximum atomic E-state index is 12.2. The van der Waals surface area contributed by atoms with E-state index in [0.29, 0.717) is 16.3 Å². The van der Waals surface area contributed by atoms with Gasteiger partial charge in [-0.2, -0.15) is 0 Å². The van der Waals surface area contributed by atoms with Gasteiger partial charge in [0.2, 0.25) is 6.10 Å². The molecule has 5 nitrogen and oxygen atoms in total. The zero-order valence-corrected chi connectivity index (χ0v) is 15.2. The predicted octanol–water partition coefficient (Wildman–Crippen LogP) is 3.78. The summed E-state index contributed by atoms with van der Waals surface area (Å²) in [5.41, 5.74) is 7.33. The first-order valence-electron chi connectivity index (χ1n) is 7.77. The van der Waals surface area contributed by atoms with Crippen molar-refractivity contribution in [3.8, 4) is 10.6 Å². The summed E-state index contributed by atoms with van der Waals surface area (Å²) in [6.07, 6.45) is -1.16. The Morgan fingerprint density at radius 2 is 1.92 bits per heavy atom. The summed E-state index contributed by atoms with van der Waals surface area (Å²) < 4.78 is 5.27. The van der Waals surface area contributed by atoms with Crippen molar-refractivity contribution in [2.45, 2.75) is 12.5 Å². The van der Waals surface area contributed by atoms with Gasteiger partial charge in [-0.3, -0.25) is 9.59 Å². The molecule has 0 saturated carbocycles. The molecule has 7 heteroatoms. The standard InChI is InChI=1S/C19H15ClN2O3S/c20-14-8-4-7-13(9-14)19-22-15(11-26-19)10-16(23)25-17(18(21)24)12-5-2-1-3-6-12/h1-9,11,17H,10H2,(H2,21,24)/t17-/m0/s1. The Hall–Kier alpha value is -2.70. The lowest BCUT2D eigenvalue weighted by Crippen LogP contribution is -2.26. The van der Waals surface area contributed by atoms with E-state index >= 15 is 0 Å². The van der Waals surface area contributed by atoms with Gasteiger partial charge in [0.25, 0.3) is 5.91 Å². The van der Waals surface area contributed by atoms with Crippen LogP contribution in [0.3, 0.4) is 0 Å². The molecule has 1 atom stereocenters. The molecule has 3 rings (SSSR count). The van der Waals surface area contributed by atoms with Gasteiger partial charge in [0, 0.05) is 21.5 Å². The number of esters is 1. The van der Waals surface area contributed by atoms with Crippen molar-refractivity contribution in [2.24, 2.45) is 5.73 Å². The van der Waals surface area contributed by atoms with E-state index in [0.717, 1.165) is 10.6 Å². The van der Waals surface area contributed by atoms with Crippen molar-refractivity contribution in [1.82, 2.24) is 4.98 Å². The van der Waals surface area contributed by atoms with Crippen LogP contribution in [0, 0.1) is 0 Å². The normalized spacial score (nSPS) is 11.7. The van der Waals surface area contributed by atoms with Gasteiger partial charge in [-0.15, -0.1) is 11.3 Å². The number of thiazole rings is 1. The monoisotopic (exact) mass is 386 g/mol. The minimum absolute atomic E-state index is 0.0479. The average Bonchev–Trinajstić information content (AvgIpc) is 3.08. The lowest BCUT2D eigenvalue weighted by atomic mass is 10.1. The number of nitrogens with zero attached hydrogens (tertiary/aromatic N) is 1. The van der Waals surface area contributed by atoms with E-state index in [9.17, 15) is 9.59 Å². The molecule has 0 aliphatic carbocycles. The fourth-order valence-electron chi connectivity index (χ4n) is 2.38. The molecular formula is C19H15ClN2O3S. The summed E-state index contributed by atoms with van der Waals surface area (Å²) in [6.45, 7) is 0. The quantitative estimate of drug-likeness (QED) is 0.653. The van der Waals surface area contributed by atoms with Gasteiger partial charge in [-0.25, -0.2) is 4.98 Å². The Kier molecular flexibility index (Phi) is 5.65. The number of ether oxygens (including phenoxy) is 1. The molecule has 2 N–H and O–H groups in total. The smallest absolute Gasteiger partial charge is 0.313 e. The van der Waals surface area contributed by atoms with Crippen LogP contribution in [0.5, 0.6) is 0 Å². The summed E-state index contributed by atoms with van der Waals surface area (Å²) in [5, 5.41) is 3.15. The van der Waals surface area contributed by atoms with Crippen molar-refractivity contribution in [1.29, 1.82) is 0 Å². The number of hydrogen-bond acceptors (Lipinski definition) is 5. The van der Waals surface area contributed by atoms with E-state index in [1.165, 1.54) is 11.3 Å². The predicted molar refractivity (Wildman–Crippen MR) is 101 cm³/mol. The minimum Gasteiger partial charge on any atom is -0.447 e. The van der Waals surface area contributed by atoms with Crippen LogP contribution >= 0.6 is 22.9 Å². The number of carbonyl (C=O) groups is 2. The number of nitrogens with two attached hydrogens (primary N) is 1. The Morgan fingerprint density at radius 3 is 2.62 bits per heavy atom. The molecule has 1 heterocycles. The third-order valence-corrected chi connectivity index (χ3v) is 4.73. The Bertz CT molecular complexity index is 927. The van der Waals surface area contributed by atoms with Gasteiger partial charge in [-0.05, 0) is 12.1 Å². The molecular weight excluding hydrogens is 372 g/mol. The van der Waals surface area contributed by atoms with Crippen LogP contribution in [0.15, 0.2) is 60.0 Å². The lowest BCUT2D eigenvalue weighted by Gasteiger charge is -2.14. The van der Waals surface area contributed by atoms with E-state index in [2.05, 4.69) is 4.98 Å². The van der Waals surface area contributed by atoms with E-state index in [1.807, 2.05) is 12.1 Å². The minimum atomic E-state index is -1.12. The molecule has 1 amide bonds. The molecule has 0 fully saturated rings. The highest BCUT2D eigenvalue weighted by atomic mass is 35.5. The molecule has 26 heavy (non-hydrogen) atoms. The molecule has 0 aliphatic rings. The molecule has 1 aromatic heterocycles. The molecule has 132 valence electrons. The lowest BCUT2D eigenvalue weighted by molar-refractivity contribution is -0.154. The van der Waals surface area contributed by atoms with Gasteiger partial charge in [0.15, 0.2) is 0 Å². The number of rotatable bonds is 6. The third-order valence-electron chi connectivity index (χ3n) is 3.56. The van der Waals surface area contributed by atoms with Crippen molar-refractivity contribution < 1.29 is 14.3 Å². The van der Waals surface area contributed by atoms with Gasteiger partial charge in [-0.1, -0.05) is 54.1 Å². The largest absolute Gasteiger partial charge is 0.447 e. The number of hydrogen-bond donors (Lipinski definition) is 1. The number of aromatic nitrogens is 1. The molecule has 0 spiro atoms. The second kappa shape index (κ2) is 8.12. The maximum Gasteiger partial charge on any atom is 0.313 e. The molecule has 3 aromatic rings. The van der Waals surface area contributed by atoms with E-state index in [-0.39, 0.29) is 6.42 Å². The maximum absolute atomic E-state index is 12.2. The molecule has 2 aromatic carbocycles. The second-order valence-electron chi connectivity index (χ2n) is 5.51. The Labute approximate surface area is 159 Å². The summed E-state index contributed by atoms with van der Waals surface area (Å²) in [6, 6.07) is 16.0. The number of amides is 1. The van der Waals surface area contributed by atoms with Crippen LogP contribution in [0.4, 0.5) is 0 Å². The highest BCUT2D eigenvalue weighted by Crippen LogP contribution is 2.26. The molecule has 0 saturated heterocycles. The van der Waals surface area contributed by atoms with Crippen LogP contribution in [0.2, 0.25) is 5.02 Å². The third kappa shape index (κ3) is 4.47. The van der Waals surface area contributed by atoms with E-state index in [1.54, 1.807) is 47.8 Å².